The second-order valence-corrected chi connectivity index (χ2v) is 9.83. The third kappa shape index (κ3) is 3.92. The third-order valence-electron chi connectivity index (χ3n) is 6.90. The quantitative estimate of drug-likeness (QED) is 0.281. The Balaban J connectivity index is 2.35. The van der Waals surface area contributed by atoms with Crippen molar-refractivity contribution in [1.82, 2.24) is 4.48 Å². The van der Waals surface area contributed by atoms with Crippen molar-refractivity contribution in [2.75, 3.05) is 0 Å². The summed E-state index contributed by atoms with van der Waals surface area (Å²) < 4.78 is 0.585. The number of quaternary nitrogens is 1. The van der Waals surface area contributed by atoms with Crippen LogP contribution >= 0.6 is 0 Å². The average molecular weight is 435 g/mol. The molecule has 0 aliphatic carbocycles. The van der Waals surface area contributed by atoms with E-state index in [0.29, 0.717) is 4.48 Å². The molecule has 1 nitrogen and oxygen atoms in total. The van der Waals surface area contributed by atoms with Crippen LogP contribution in [0.3, 0.4) is 0 Å². The predicted octanol–water partition coefficient (Wildman–Crippen LogP) is 9.46. The smallest absolute Gasteiger partial charge is 0.151 e. The second kappa shape index (κ2) is 8.65. The molecule has 0 spiro atoms. The van der Waals surface area contributed by atoms with Crippen LogP contribution in [-0.4, -0.2) is 0 Å². The van der Waals surface area contributed by atoms with E-state index in [9.17, 15) is 0 Å². The summed E-state index contributed by atoms with van der Waals surface area (Å²) in [5, 5.41) is 0. The first kappa shape index (κ1) is 23.0. The van der Waals surface area contributed by atoms with Crippen LogP contribution in [0.15, 0.2) is 72.8 Å². The molecule has 0 fully saturated rings. The van der Waals surface area contributed by atoms with E-state index in [2.05, 4.69) is 128 Å². The van der Waals surface area contributed by atoms with Gasteiger partial charge in [0.15, 0.2) is 22.7 Å². The molecular weight excluding hydrogens is 398 g/mol. The van der Waals surface area contributed by atoms with E-state index >= 15 is 0 Å². The van der Waals surface area contributed by atoms with Gasteiger partial charge in [0.1, 0.15) is 0 Å². The van der Waals surface area contributed by atoms with E-state index in [1.807, 2.05) is 0 Å². The maximum atomic E-state index is 2.39. The first-order valence-electron chi connectivity index (χ1n) is 11.8. The predicted molar refractivity (Wildman–Crippen MR) is 144 cm³/mol. The minimum absolute atomic E-state index is 0.585. The fraction of sp³-hybridized carbons (Fsp3) is 0.250. The molecule has 0 bridgehead atoms. The van der Waals surface area contributed by atoms with Gasteiger partial charge in [-0.15, -0.1) is 0 Å². The molecule has 0 saturated heterocycles. The normalized spacial score (nSPS) is 11.6. The largest absolute Gasteiger partial charge is 0.193 e. The van der Waals surface area contributed by atoms with Gasteiger partial charge in [0, 0.05) is 46.5 Å². The molecule has 168 valence electrons. The van der Waals surface area contributed by atoms with Crippen molar-refractivity contribution in [2.45, 2.75) is 55.4 Å². The van der Waals surface area contributed by atoms with E-state index in [1.54, 1.807) is 0 Å². The van der Waals surface area contributed by atoms with E-state index in [-0.39, 0.29) is 0 Å². The molecule has 0 amide bonds. The average Bonchev–Trinajstić information content (AvgIpc) is 2.77. The maximum Gasteiger partial charge on any atom is 0.151 e. The Bertz CT molecular complexity index is 1130. The Morgan fingerprint density at radius 3 is 0.758 bits per heavy atom. The van der Waals surface area contributed by atoms with Gasteiger partial charge in [0.25, 0.3) is 0 Å². The number of nitrogens with zero attached hydrogens (tertiary/aromatic N) is 1. The minimum atomic E-state index is 0.585. The van der Waals surface area contributed by atoms with Crippen LogP contribution in [0.5, 0.6) is 0 Å². The lowest BCUT2D eigenvalue weighted by atomic mass is 9.94. The van der Waals surface area contributed by atoms with E-state index in [4.69, 9.17) is 0 Å². The standard InChI is InChI=1S/C32H36N/c1-21-9-13-25(5)29(17-21)33(30-18-22(2)10-14-26(30)6,31-19-23(3)11-15-27(31)7)32-20-24(4)12-16-28(32)8/h9-20H,1-8H3/q+1. The lowest BCUT2D eigenvalue weighted by Gasteiger charge is -2.41. The molecule has 0 N–H and O–H groups in total. The molecule has 0 radical (unpaired) electrons. The van der Waals surface area contributed by atoms with Crippen molar-refractivity contribution >= 4 is 22.7 Å². The van der Waals surface area contributed by atoms with Crippen molar-refractivity contribution < 1.29 is 0 Å². The number of rotatable bonds is 4. The Morgan fingerprint density at radius 1 is 0.333 bits per heavy atom. The highest BCUT2D eigenvalue weighted by Crippen LogP contribution is 2.56. The summed E-state index contributed by atoms with van der Waals surface area (Å²) in [7, 11) is 0. The van der Waals surface area contributed by atoms with Crippen LogP contribution in [0.4, 0.5) is 22.7 Å². The summed E-state index contributed by atoms with van der Waals surface area (Å²) in [4.78, 5) is 0. The molecule has 0 aliphatic heterocycles. The van der Waals surface area contributed by atoms with Crippen LogP contribution in [0.25, 0.3) is 0 Å². The molecule has 0 atom stereocenters. The van der Waals surface area contributed by atoms with Crippen LogP contribution in [0.1, 0.15) is 44.5 Å². The highest BCUT2D eigenvalue weighted by molar-refractivity contribution is 5.87. The highest BCUT2D eigenvalue weighted by atomic mass is 15.4. The monoisotopic (exact) mass is 434 g/mol. The first-order chi connectivity index (χ1) is 15.6. The molecule has 33 heavy (non-hydrogen) atoms. The summed E-state index contributed by atoms with van der Waals surface area (Å²) >= 11 is 0. The van der Waals surface area contributed by atoms with Gasteiger partial charge >= 0.3 is 0 Å². The number of hydrogen-bond acceptors (Lipinski definition) is 0. The number of aryl methyl sites for hydroxylation is 8. The summed E-state index contributed by atoms with van der Waals surface area (Å²) in [6, 6.07) is 27.6. The second-order valence-electron chi connectivity index (χ2n) is 9.83. The topological polar surface area (TPSA) is 0 Å². The van der Waals surface area contributed by atoms with E-state index in [1.165, 1.54) is 67.3 Å². The van der Waals surface area contributed by atoms with Gasteiger partial charge in [-0.05, 0) is 77.6 Å². The van der Waals surface area contributed by atoms with Gasteiger partial charge in [-0.1, -0.05) is 48.5 Å². The highest BCUT2D eigenvalue weighted by Gasteiger charge is 2.44. The van der Waals surface area contributed by atoms with Gasteiger partial charge in [0.2, 0.25) is 0 Å². The number of benzene rings is 4. The Labute approximate surface area is 199 Å². The fourth-order valence-corrected chi connectivity index (χ4v) is 5.10. The van der Waals surface area contributed by atoms with Gasteiger partial charge in [0.05, 0.1) is 0 Å². The molecule has 4 aromatic rings. The molecule has 0 saturated carbocycles. The van der Waals surface area contributed by atoms with Gasteiger partial charge in [-0.3, -0.25) is 0 Å². The first-order valence-corrected chi connectivity index (χ1v) is 11.8. The molecule has 4 aromatic carbocycles. The van der Waals surface area contributed by atoms with Crippen molar-refractivity contribution in [1.29, 1.82) is 0 Å². The van der Waals surface area contributed by atoms with Crippen LogP contribution in [0.2, 0.25) is 0 Å². The zero-order valence-corrected chi connectivity index (χ0v) is 21.4. The van der Waals surface area contributed by atoms with Crippen molar-refractivity contribution in [3.63, 3.8) is 0 Å². The van der Waals surface area contributed by atoms with Crippen molar-refractivity contribution in [3.05, 3.63) is 117 Å². The zero-order valence-electron chi connectivity index (χ0n) is 21.4. The van der Waals surface area contributed by atoms with Crippen molar-refractivity contribution in [3.8, 4) is 0 Å². The summed E-state index contributed by atoms with van der Waals surface area (Å²) in [6.45, 7) is 17.8. The lowest BCUT2D eigenvalue weighted by Crippen LogP contribution is -2.36. The minimum Gasteiger partial charge on any atom is -0.193 e. The molecule has 0 unspecified atom stereocenters. The van der Waals surface area contributed by atoms with Crippen LogP contribution in [0, 0.1) is 55.4 Å². The fourth-order valence-electron chi connectivity index (χ4n) is 5.10. The molecule has 1 heteroatoms. The van der Waals surface area contributed by atoms with E-state index < -0.39 is 0 Å². The van der Waals surface area contributed by atoms with E-state index in [0.717, 1.165) is 0 Å². The van der Waals surface area contributed by atoms with Gasteiger partial charge in [-0.2, -0.15) is 4.48 Å². The van der Waals surface area contributed by atoms with Crippen molar-refractivity contribution in [2.24, 2.45) is 0 Å². The lowest BCUT2D eigenvalue weighted by molar-refractivity contribution is 0.683. The summed E-state index contributed by atoms with van der Waals surface area (Å²) in [5.41, 5.74) is 15.5. The summed E-state index contributed by atoms with van der Waals surface area (Å²) in [6.07, 6.45) is 0. The molecular formula is C32H36N+. The van der Waals surface area contributed by atoms with Gasteiger partial charge < -0.3 is 0 Å². The summed E-state index contributed by atoms with van der Waals surface area (Å²) in [5.74, 6) is 0. The van der Waals surface area contributed by atoms with Gasteiger partial charge in [-0.25, -0.2) is 0 Å². The Kier molecular flexibility index (Phi) is 6.03. The Morgan fingerprint density at radius 2 is 0.545 bits per heavy atom. The molecule has 0 heterocycles. The molecule has 4 rings (SSSR count). The number of hydrogen-bond donors (Lipinski definition) is 0. The third-order valence-corrected chi connectivity index (χ3v) is 6.90. The maximum absolute atomic E-state index is 2.39. The van der Waals surface area contributed by atoms with Crippen LogP contribution in [-0.2, 0) is 0 Å². The Hall–Kier alpha value is -3.16. The molecule has 0 aliphatic rings. The van der Waals surface area contributed by atoms with Crippen LogP contribution < -0.4 is 4.48 Å². The molecule has 0 aromatic heterocycles. The SMILES string of the molecule is Cc1ccc(C)c([N+](c2cc(C)ccc2C)(c2cc(C)ccc2C)c2cc(C)ccc2C)c1. The zero-order chi connectivity index (χ0) is 23.9.